The molecule has 4 aromatic rings. The van der Waals surface area contributed by atoms with Gasteiger partial charge in [-0.05, 0) is 44.5 Å². The number of hydrogen-bond acceptors (Lipinski definition) is 6. The van der Waals surface area contributed by atoms with Crippen LogP contribution in [0.25, 0.3) is 20.7 Å². The van der Waals surface area contributed by atoms with Gasteiger partial charge in [-0.2, -0.15) is 0 Å². The maximum Gasteiger partial charge on any atom is 0.332 e. The van der Waals surface area contributed by atoms with Crippen LogP contribution >= 0.6 is 22.7 Å². The second-order valence-corrected chi connectivity index (χ2v) is 9.69. The van der Waals surface area contributed by atoms with E-state index in [0.29, 0.717) is 16.8 Å². The van der Waals surface area contributed by atoms with Gasteiger partial charge in [0.2, 0.25) is 0 Å². The van der Waals surface area contributed by atoms with Crippen molar-refractivity contribution in [2.24, 2.45) is 0 Å². The molecular weight excluding hydrogens is 416 g/mol. The third-order valence-corrected chi connectivity index (χ3v) is 7.56. The highest BCUT2D eigenvalue weighted by Crippen LogP contribution is 2.32. The molecule has 0 bridgehead atoms. The van der Waals surface area contributed by atoms with Crippen LogP contribution in [0.5, 0.6) is 0 Å². The van der Waals surface area contributed by atoms with Gasteiger partial charge in [0.15, 0.2) is 0 Å². The quantitative estimate of drug-likeness (QED) is 0.528. The SMILES string of the molecule is Cc1nc(Cn2c(=O)n(C3CCNCC3)c(=O)c3sc(-c4ccccc4)cc32)cs1. The highest BCUT2D eigenvalue weighted by Gasteiger charge is 2.24. The standard InChI is InChI=1S/C22H22N4O2S2/c1-14-24-16(13-29-14)12-25-18-11-19(15-5-3-2-4-6-15)30-20(18)21(27)26(22(25)28)17-7-9-23-10-8-17/h2-6,11,13,17,23H,7-10,12H2,1H3. The maximum absolute atomic E-state index is 13.5. The Morgan fingerprint density at radius 2 is 1.93 bits per heavy atom. The second kappa shape index (κ2) is 7.94. The zero-order chi connectivity index (χ0) is 20.7. The summed E-state index contributed by atoms with van der Waals surface area (Å²) < 4.78 is 3.86. The van der Waals surface area contributed by atoms with Gasteiger partial charge in [-0.15, -0.1) is 22.7 Å². The van der Waals surface area contributed by atoms with E-state index < -0.39 is 0 Å². The van der Waals surface area contributed by atoms with Crippen LogP contribution in [0.3, 0.4) is 0 Å². The molecule has 1 N–H and O–H groups in total. The van der Waals surface area contributed by atoms with Crippen molar-refractivity contribution in [3.05, 3.63) is 73.3 Å². The predicted molar refractivity (Wildman–Crippen MR) is 123 cm³/mol. The van der Waals surface area contributed by atoms with Crippen LogP contribution in [0.4, 0.5) is 0 Å². The molecule has 6 nitrogen and oxygen atoms in total. The summed E-state index contributed by atoms with van der Waals surface area (Å²) in [5, 5.41) is 6.27. The monoisotopic (exact) mass is 438 g/mol. The van der Waals surface area contributed by atoms with Gasteiger partial charge in [0.1, 0.15) is 4.70 Å². The topological polar surface area (TPSA) is 68.9 Å². The Labute approximate surface area is 181 Å². The van der Waals surface area contributed by atoms with Gasteiger partial charge in [0.05, 0.1) is 22.8 Å². The predicted octanol–water partition coefficient (Wildman–Crippen LogP) is 3.63. The van der Waals surface area contributed by atoms with E-state index in [1.807, 2.05) is 48.7 Å². The molecule has 1 aromatic carbocycles. The van der Waals surface area contributed by atoms with E-state index in [-0.39, 0.29) is 17.3 Å². The van der Waals surface area contributed by atoms with Crippen molar-refractivity contribution < 1.29 is 0 Å². The molecule has 4 heterocycles. The molecule has 0 unspecified atom stereocenters. The third kappa shape index (κ3) is 3.45. The summed E-state index contributed by atoms with van der Waals surface area (Å²) >= 11 is 3.04. The summed E-state index contributed by atoms with van der Waals surface area (Å²) in [7, 11) is 0. The van der Waals surface area contributed by atoms with Gasteiger partial charge in [-0.1, -0.05) is 30.3 Å². The number of thiazole rings is 1. The molecule has 1 saturated heterocycles. The number of nitrogens with zero attached hydrogens (tertiary/aromatic N) is 3. The molecular formula is C22H22N4O2S2. The van der Waals surface area contributed by atoms with E-state index >= 15 is 0 Å². The number of piperidine rings is 1. The lowest BCUT2D eigenvalue weighted by Crippen LogP contribution is -2.45. The van der Waals surface area contributed by atoms with Gasteiger partial charge in [-0.3, -0.25) is 13.9 Å². The number of aromatic nitrogens is 3. The van der Waals surface area contributed by atoms with E-state index in [2.05, 4.69) is 10.3 Å². The number of aryl methyl sites for hydroxylation is 1. The number of fused-ring (bicyclic) bond motifs is 1. The molecule has 0 aliphatic carbocycles. The van der Waals surface area contributed by atoms with Crippen molar-refractivity contribution in [1.82, 2.24) is 19.4 Å². The first-order chi connectivity index (χ1) is 14.6. The molecule has 30 heavy (non-hydrogen) atoms. The summed E-state index contributed by atoms with van der Waals surface area (Å²) in [4.78, 5) is 32.5. The number of thiophene rings is 1. The zero-order valence-electron chi connectivity index (χ0n) is 16.6. The first-order valence-electron chi connectivity index (χ1n) is 10.1. The molecule has 1 aliphatic heterocycles. The first-order valence-corrected chi connectivity index (χ1v) is 11.8. The Kier molecular flexibility index (Phi) is 5.14. The lowest BCUT2D eigenvalue weighted by Gasteiger charge is -2.24. The second-order valence-electron chi connectivity index (χ2n) is 7.57. The zero-order valence-corrected chi connectivity index (χ0v) is 18.3. The summed E-state index contributed by atoms with van der Waals surface area (Å²) in [6.07, 6.45) is 1.57. The van der Waals surface area contributed by atoms with Crippen LogP contribution in [0.1, 0.15) is 29.6 Å². The van der Waals surface area contributed by atoms with Crippen LogP contribution in [-0.4, -0.2) is 27.2 Å². The Hall–Kier alpha value is -2.55. The first kappa shape index (κ1) is 19.4. The fourth-order valence-corrected chi connectivity index (χ4v) is 5.80. The number of hydrogen-bond donors (Lipinski definition) is 1. The van der Waals surface area contributed by atoms with E-state index in [0.717, 1.165) is 47.1 Å². The van der Waals surface area contributed by atoms with Crippen LogP contribution in [0.2, 0.25) is 0 Å². The summed E-state index contributed by atoms with van der Waals surface area (Å²) in [5.41, 5.74) is 2.20. The van der Waals surface area contributed by atoms with Gasteiger partial charge in [0, 0.05) is 16.3 Å². The molecule has 0 saturated carbocycles. The van der Waals surface area contributed by atoms with Gasteiger partial charge in [0.25, 0.3) is 5.56 Å². The summed E-state index contributed by atoms with van der Waals surface area (Å²) in [6.45, 7) is 3.97. The Morgan fingerprint density at radius 1 is 1.17 bits per heavy atom. The van der Waals surface area contributed by atoms with Crippen molar-refractivity contribution in [3.63, 3.8) is 0 Å². The third-order valence-electron chi connectivity index (χ3n) is 5.57. The average Bonchev–Trinajstić information content (AvgIpc) is 3.39. The fraction of sp³-hybridized carbons (Fsp3) is 0.318. The van der Waals surface area contributed by atoms with Crippen molar-refractivity contribution >= 4 is 32.9 Å². The molecule has 0 spiro atoms. The summed E-state index contributed by atoms with van der Waals surface area (Å²) in [5.74, 6) is 0. The van der Waals surface area contributed by atoms with Crippen LogP contribution < -0.4 is 16.6 Å². The number of nitrogens with one attached hydrogen (secondary N) is 1. The highest BCUT2D eigenvalue weighted by atomic mass is 32.1. The minimum atomic E-state index is -0.234. The molecule has 8 heteroatoms. The molecule has 1 aliphatic rings. The lowest BCUT2D eigenvalue weighted by molar-refractivity contribution is 0.346. The van der Waals surface area contributed by atoms with Gasteiger partial charge < -0.3 is 5.32 Å². The minimum Gasteiger partial charge on any atom is -0.317 e. The normalized spacial score (nSPS) is 15.1. The maximum atomic E-state index is 13.5. The molecule has 3 aromatic heterocycles. The van der Waals surface area contributed by atoms with Gasteiger partial charge >= 0.3 is 5.69 Å². The smallest absolute Gasteiger partial charge is 0.317 e. The molecule has 0 amide bonds. The van der Waals surface area contributed by atoms with Crippen LogP contribution in [0.15, 0.2) is 51.4 Å². The Morgan fingerprint density at radius 3 is 2.63 bits per heavy atom. The Balaban J connectivity index is 1.74. The van der Waals surface area contributed by atoms with E-state index in [1.54, 1.807) is 15.9 Å². The van der Waals surface area contributed by atoms with Crippen LogP contribution in [-0.2, 0) is 6.54 Å². The Bertz CT molecular complexity index is 1310. The van der Waals surface area contributed by atoms with Crippen molar-refractivity contribution in [1.29, 1.82) is 0 Å². The number of benzene rings is 1. The largest absolute Gasteiger partial charge is 0.332 e. The van der Waals surface area contributed by atoms with Gasteiger partial charge in [-0.25, -0.2) is 9.78 Å². The van der Waals surface area contributed by atoms with E-state index in [9.17, 15) is 9.59 Å². The molecule has 0 atom stereocenters. The lowest BCUT2D eigenvalue weighted by atomic mass is 10.1. The average molecular weight is 439 g/mol. The minimum absolute atomic E-state index is 0.0682. The fourth-order valence-electron chi connectivity index (χ4n) is 4.09. The number of rotatable bonds is 4. The molecule has 1 fully saturated rings. The van der Waals surface area contributed by atoms with E-state index in [4.69, 9.17) is 0 Å². The molecule has 154 valence electrons. The molecule has 0 radical (unpaired) electrons. The van der Waals surface area contributed by atoms with Crippen molar-refractivity contribution in [2.75, 3.05) is 13.1 Å². The van der Waals surface area contributed by atoms with Crippen molar-refractivity contribution in [2.45, 2.75) is 32.4 Å². The van der Waals surface area contributed by atoms with Crippen LogP contribution in [0, 0.1) is 6.92 Å². The molecule has 5 rings (SSSR count). The van der Waals surface area contributed by atoms with Crippen molar-refractivity contribution in [3.8, 4) is 10.4 Å². The highest BCUT2D eigenvalue weighted by molar-refractivity contribution is 7.22. The van der Waals surface area contributed by atoms with E-state index in [1.165, 1.54) is 15.9 Å². The summed E-state index contributed by atoms with van der Waals surface area (Å²) in [6, 6.07) is 11.9.